The van der Waals surface area contributed by atoms with Gasteiger partial charge in [0.15, 0.2) is 5.65 Å². The van der Waals surface area contributed by atoms with Gasteiger partial charge in [-0.15, -0.1) is 0 Å². The zero-order chi connectivity index (χ0) is 22.0. The third kappa shape index (κ3) is 4.36. The van der Waals surface area contributed by atoms with Gasteiger partial charge in [-0.25, -0.2) is 18.4 Å². The maximum absolute atomic E-state index is 14.0. The van der Waals surface area contributed by atoms with E-state index in [9.17, 15) is 13.6 Å². The number of benzene rings is 1. The number of carbonyl (C=O) groups is 1. The molecule has 4 rings (SSSR count). The van der Waals surface area contributed by atoms with Crippen LogP contribution in [0, 0.1) is 18.6 Å². The normalized spacial score (nSPS) is 14.7. The smallest absolute Gasteiger partial charge is 0.254 e. The number of amides is 1. The highest BCUT2D eigenvalue weighted by molar-refractivity contribution is 5.95. The maximum atomic E-state index is 14.0. The topological polar surface area (TPSA) is 81.1 Å². The monoisotopic (exact) mass is 429 g/mol. The summed E-state index contributed by atoms with van der Waals surface area (Å²) in [4.78, 5) is 17.2. The molecule has 3 aromatic rings. The maximum Gasteiger partial charge on any atom is 0.254 e. The number of rotatable bonds is 6. The number of halogens is 2. The SMILES string of the molecule is CCn1ncc2c(NC3CCOCC3)c(CNC(=O)c3ccc(F)cc3F)c(C)nc21. The Morgan fingerprint density at radius 3 is 2.77 bits per heavy atom. The zero-order valence-electron chi connectivity index (χ0n) is 17.5. The van der Waals surface area contributed by atoms with E-state index >= 15 is 0 Å². The summed E-state index contributed by atoms with van der Waals surface area (Å²) in [6.45, 7) is 6.09. The molecule has 3 heterocycles. The lowest BCUT2D eigenvalue weighted by Crippen LogP contribution is -2.30. The molecule has 0 atom stereocenters. The van der Waals surface area contributed by atoms with E-state index in [4.69, 9.17) is 9.72 Å². The van der Waals surface area contributed by atoms with Crippen molar-refractivity contribution in [3.8, 4) is 0 Å². The van der Waals surface area contributed by atoms with E-state index < -0.39 is 17.5 Å². The molecule has 9 heteroatoms. The molecule has 0 aliphatic carbocycles. The number of ether oxygens (including phenoxy) is 1. The predicted molar refractivity (Wildman–Crippen MR) is 113 cm³/mol. The van der Waals surface area contributed by atoms with Gasteiger partial charge >= 0.3 is 0 Å². The molecule has 0 saturated carbocycles. The largest absolute Gasteiger partial charge is 0.381 e. The van der Waals surface area contributed by atoms with Crippen molar-refractivity contribution in [1.82, 2.24) is 20.1 Å². The molecule has 0 unspecified atom stereocenters. The molecular weight excluding hydrogens is 404 g/mol. The van der Waals surface area contributed by atoms with Crippen molar-refractivity contribution < 1.29 is 18.3 Å². The van der Waals surface area contributed by atoms with Gasteiger partial charge in [0, 0.05) is 49.7 Å². The Labute approximate surface area is 178 Å². The number of hydrogen-bond acceptors (Lipinski definition) is 5. The van der Waals surface area contributed by atoms with Crippen molar-refractivity contribution in [3.05, 3.63) is 52.9 Å². The third-order valence-electron chi connectivity index (χ3n) is 5.56. The summed E-state index contributed by atoms with van der Waals surface area (Å²) in [6.07, 6.45) is 3.52. The Bertz CT molecular complexity index is 1110. The van der Waals surface area contributed by atoms with Crippen LogP contribution in [0.1, 0.15) is 41.4 Å². The van der Waals surface area contributed by atoms with Gasteiger partial charge in [0.25, 0.3) is 5.91 Å². The first-order chi connectivity index (χ1) is 15.0. The van der Waals surface area contributed by atoms with Crippen LogP contribution in [0.25, 0.3) is 11.0 Å². The zero-order valence-corrected chi connectivity index (χ0v) is 17.5. The van der Waals surface area contributed by atoms with Crippen LogP contribution in [0.2, 0.25) is 0 Å². The second-order valence-corrected chi connectivity index (χ2v) is 7.59. The lowest BCUT2D eigenvalue weighted by molar-refractivity contribution is 0.0904. The van der Waals surface area contributed by atoms with Crippen LogP contribution in [0.15, 0.2) is 24.4 Å². The highest BCUT2D eigenvalue weighted by Gasteiger charge is 2.21. The molecule has 0 spiro atoms. The fourth-order valence-corrected chi connectivity index (χ4v) is 3.84. The summed E-state index contributed by atoms with van der Waals surface area (Å²) in [7, 11) is 0. The molecule has 0 radical (unpaired) electrons. The molecule has 2 aromatic heterocycles. The highest BCUT2D eigenvalue weighted by Crippen LogP contribution is 2.30. The van der Waals surface area contributed by atoms with Crippen LogP contribution in [-0.2, 0) is 17.8 Å². The molecule has 2 N–H and O–H groups in total. The average Bonchev–Trinajstić information content (AvgIpc) is 3.16. The molecule has 0 bridgehead atoms. The number of aromatic nitrogens is 3. The van der Waals surface area contributed by atoms with Crippen molar-refractivity contribution in [2.75, 3.05) is 18.5 Å². The fourth-order valence-electron chi connectivity index (χ4n) is 3.84. The molecule has 1 amide bonds. The Morgan fingerprint density at radius 2 is 2.06 bits per heavy atom. The lowest BCUT2D eigenvalue weighted by atomic mass is 10.0. The number of anilines is 1. The Hall–Kier alpha value is -3.07. The molecule has 1 fully saturated rings. The number of carbonyl (C=O) groups excluding carboxylic acids is 1. The van der Waals surface area contributed by atoms with Crippen LogP contribution in [0.3, 0.4) is 0 Å². The van der Waals surface area contributed by atoms with E-state index in [1.165, 1.54) is 0 Å². The Balaban J connectivity index is 1.66. The van der Waals surface area contributed by atoms with Gasteiger partial charge in [-0.2, -0.15) is 5.10 Å². The summed E-state index contributed by atoms with van der Waals surface area (Å²) in [6, 6.07) is 3.13. The quantitative estimate of drug-likeness (QED) is 0.626. The van der Waals surface area contributed by atoms with Crippen molar-refractivity contribution in [3.63, 3.8) is 0 Å². The number of hydrogen-bond donors (Lipinski definition) is 2. The van der Waals surface area contributed by atoms with Crippen LogP contribution in [0.4, 0.5) is 14.5 Å². The molecule has 31 heavy (non-hydrogen) atoms. The first-order valence-corrected chi connectivity index (χ1v) is 10.4. The summed E-state index contributed by atoms with van der Waals surface area (Å²) in [5.74, 6) is -2.23. The van der Waals surface area contributed by atoms with Crippen LogP contribution in [0.5, 0.6) is 0 Å². The van der Waals surface area contributed by atoms with E-state index in [0.717, 1.165) is 53.0 Å². The van der Waals surface area contributed by atoms with Crippen LogP contribution in [-0.4, -0.2) is 39.9 Å². The van der Waals surface area contributed by atoms with Gasteiger partial charge in [0.05, 0.1) is 22.8 Å². The van der Waals surface area contributed by atoms with Gasteiger partial charge < -0.3 is 15.4 Å². The van der Waals surface area contributed by atoms with Gasteiger partial charge in [-0.3, -0.25) is 4.79 Å². The van der Waals surface area contributed by atoms with E-state index in [0.29, 0.717) is 25.8 Å². The predicted octanol–water partition coefficient (Wildman–Crippen LogP) is 3.56. The molecule has 7 nitrogen and oxygen atoms in total. The number of nitrogens with one attached hydrogen (secondary N) is 2. The second kappa shape index (κ2) is 8.97. The van der Waals surface area contributed by atoms with Gasteiger partial charge in [0.2, 0.25) is 0 Å². The van der Waals surface area contributed by atoms with Crippen molar-refractivity contribution >= 4 is 22.6 Å². The lowest BCUT2D eigenvalue weighted by Gasteiger charge is -2.26. The third-order valence-corrected chi connectivity index (χ3v) is 5.56. The Morgan fingerprint density at radius 1 is 1.29 bits per heavy atom. The van der Waals surface area contributed by atoms with E-state index in [-0.39, 0.29) is 18.2 Å². The molecule has 164 valence electrons. The van der Waals surface area contributed by atoms with Gasteiger partial charge in [0.1, 0.15) is 11.6 Å². The standard InChI is InChI=1S/C22H25F2N5O2/c1-3-29-21-18(12-26-29)20(28-15-6-8-31-9-7-15)17(13(2)27-21)11-25-22(30)16-5-4-14(23)10-19(16)24/h4-5,10,12,15H,3,6-9,11H2,1-2H3,(H,25,30)(H,27,28). The number of aryl methyl sites for hydroxylation is 2. The minimum absolute atomic E-state index is 0.146. The minimum Gasteiger partial charge on any atom is -0.381 e. The molecule has 1 aromatic carbocycles. The van der Waals surface area contributed by atoms with Gasteiger partial charge in [-0.05, 0) is 38.8 Å². The molecule has 1 aliphatic rings. The second-order valence-electron chi connectivity index (χ2n) is 7.59. The van der Waals surface area contributed by atoms with Crippen LogP contribution >= 0.6 is 0 Å². The fraction of sp³-hybridized carbons (Fsp3) is 0.409. The van der Waals surface area contributed by atoms with Crippen LogP contribution < -0.4 is 10.6 Å². The highest BCUT2D eigenvalue weighted by atomic mass is 19.1. The van der Waals surface area contributed by atoms with Gasteiger partial charge in [-0.1, -0.05) is 0 Å². The summed E-state index contributed by atoms with van der Waals surface area (Å²) >= 11 is 0. The van der Waals surface area contributed by atoms with E-state index in [1.54, 1.807) is 6.20 Å². The summed E-state index contributed by atoms with van der Waals surface area (Å²) in [5, 5.41) is 11.7. The molecule has 1 saturated heterocycles. The van der Waals surface area contributed by atoms with Crippen molar-refractivity contribution in [2.24, 2.45) is 0 Å². The number of pyridine rings is 1. The Kier molecular flexibility index (Phi) is 6.13. The first kappa shape index (κ1) is 21.2. The minimum atomic E-state index is -0.896. The molecular formula is C22H25F2N5O2. The van der Waals surface area contributed by atoms with E-state index in [1.807, 2.05) is 18.5 Å². The van der Waals surface area contributed by atoms with Crippen molar-refractivity contribution in [2.45, 2.75) is 45.8 Å². The molecule has 1 aliphatic heterocycles. The summed E-state index contributed by atoms with van der Waals surface area (Å²) in [5.41, 5.74) is 3.00. The summed E-state index contributed by atoms with van der Waals surface area (Å²) < 4.78 is 34.4. The van der Waals surface area contributed by atoms with E-state index in [2.05, 4.69) is 15.7 Å². The average molecular weight is 429 g/mol. The first-order valence-electron chi connectivity index (χ1n) is 10.4. The number of nitrogens with zero attached hydrogens (tertiary/aromatic N) is 3. The number of fused-ring (bicyclic) bond motifs is 1. The van der Waals surface area contributed by atoms with Crippen molar-refractivity contribution in [1.29, 1.82) is 0 Å².